The molecule has 2 aromatic rings. The van der Waals surface area contributed by atoms with E-state index in [2.05, 4.69) is 18.9 Å². The maximum absolute atomic E-state index is 12.3. The minimum atomic E-state index is 0.101. The molecule has 0 aliphatic rings. The van der Waals surface area contributed by atoms with Crippen molar-refractivity contribution in [2.45, 2.75) is 39.2 Å². The van der Waals surface area contributed by atoms with Crippen LogP contribution >= 0.6 is 0 Å². The molecule has 1 aromatic heterocycles. The number of benzene rings is 1. The van der Waals surface area contributed by atoms with Gasteiger partial charge in [-0.2, -0.15) is 5.10 Å². The highest BCUT2D eigenvalue weighted by atomic mass is 16.1. The van der Waals surface area contributed by atoms with Crippen LogP contribution in [0.25, 0.3) is 0 Å². The highest BCUT2D eigenvalue weighted by molar-refractivity contribution is 5.97. The van der Waals surface area contributed by atoms with Crippen LogP contribution in [-0.2, 0) is 12.8 Å². The Morgan fingerprint density at radius 1 is 1.29 bits per heavy atom. The van der Waals surface area contributed by atoms with Gasteiger partial charge in [-0.05, 0) is 37.9 Å². The van der Waals surface area contributed by atoms with E-state index in [1.807, 2.05) is 41.2 Å². The molecule has 1 unspecified atom stereocenters. The molecule has 0 aliphatic heterocycles. The van der Waals surface area contributed by atoms with Crippen molar-refractivity contribution in [3.63, 3.8) is 0 Å². The predicted octanol–water partition coefficient (Wildman–Crippen LogP) is 2.78. The summed E-state index contributed by atoms with van der Waals surface area (Å²) in [4.78, 5) is 12.3. The quantitative estimate of drug-likeness (QED) is 0.796. The maximum Gasteiger partial charge on any atom is 0.168 e. The molecule has 2 rings (SSSR count). The maximum atomic E-state index is 12.3. The molecule has 1 heterocycles. The van der Waals surface area contributed by atoms with E-state index < -0.39 is 0 Å². The van der Waals surface area contributed by atoms with Gasteiger partial charge in [0.2, 0.25) is 0 Å². The van der Waals surface area contributed by atoms with Gasteiger partial charge in [-0.1, -0.05) is 31.2 Å². The molecule has 0 bridgehead atoms. The highest BCUT2D eigenvalue weighted by Gasteiger charge is 2.10. The van der Waals surface area contributed by atoms with Crippen LogP contribution in [0, 0.1) is 0 Å². The average Bonchev–Trinajstić information content (AvgIpc) is 2.96. The first-order valence-electron chi connectivity index (χ1n) is 7.50. The summed E-state index contributed by atoms with van der Waals surface area (Å²) in [5.41, 5.74) is 8.24. The van der Waals surface area contributed by atoms with Crippen molar-refractivity contribution in [3.8, 4) is 0 Å². The molecule has 1 aromatic carbocycles. The second-order valence-electron chi connectivity index (χ2n) is 5.38. The van der Waals surface area contributed by atoms with Crippen molar-refractivity contribution in [1.29, 1.82) is 0 Å². The van der Waals surface area contributed by atoms with Crippen molar-refractivity contribution in [2.24, 2.45) is 5.73 Å². The number of rotatable bonds is 7. The minimum absolute atomic E-state index is 0.101. The molecule has 0 fully saturated rings. The summed E-state index contributed by atoms with van der Waals surface area (Å²) >= 11 is 0. The molecule has 4 nitrogen and oxygen atoms in total. The Balaban J connectivity index is 2.02. The first-order valence-corrected chi connectivity index (χ1v) is 7.50. The van der Waals surface area contributed by atoms with Crippen molar-refractivity contribution in [2.75, 3.05) is 6.54 Å². The second-order valence-corrected chi connectivity index (χ2v) is 5.38. The molecule has 0 amide bonds. The molecule has 0 radical (unpaired) electrons. The zero-order chi connectivity index (χ0) is 15.2. The Bertz CT molecular complexity index is 586. The van der Waals surface area contributed by atoms with Gasteiger partial charge in [-0.3, -0.25) is 9.48 Å². The predicted molar refractivity (Wildman–Crippen MR) is 84.5 cm³/mol. The zero-order valence-corrected chi connectivity index (χ0v) is 12.7. The van der Waals surface area contributed by atoms with Crippen LogP contribution in [0.1, 0.15) is 47.9 Å². The molecule has 1 atom stereocenters. The van der Waals surface area contributed by atoms with E-state index in [-0.39, 0.29) is 5.78 Å². The molecule has 4 heteroatoms. The number of nitrogens with zero attached hydrogens (tertiary/aromatic N) is 2. The number of hydrogen-bond acceptors (Lipinski definition) is 3. The number of carbonyl (C=O) groups excluding carboxylic acids is 1. The fourth-order valence-electron chi connectivity index (χ4n) is 2.19. The Morgan fingerprint density at radius 2 is 2.00 bits per heavy atom. The normalized spacial score (nSPS) is 12.3. The first kappa shape index (κ1) is 15.4. The van der Waals surface area contributed by atoms with Gasteiger partial charge >= 0.3 is 0 Å². The molecular weight excluding hydrogens is 262 g/mol. The van der Waals surface area contributed by atoms with Crippen molar-refractivity contribution in [3.05, 3.63) is 53.3 Å². The second kappa shape index (κ2) is 7.18. The van der Waals surface area contributed by atoms with Crippen LogP contribution < -0.4 is 5.73 Å². The monoisotopic (exact) mass is 285 g/mol. The lowest BCUT2D eigenvalue weighted by atomic mass is 10.0. The standard InChI is InChI=1S/C17H23N3O/c1-3-13(2)20-11-9-16(19-20)12-17(21)15-6-4-14(5-7-15)8-10-18/h4-7,9,11,13H,3,8,10,12,18H2,1-2H3. The number of aromatic nitrogens is 2. The topological polar surface area (TPSA) is 60.9 Å². The molecule has 0 spiro atoms. The van der Waals surface area contributed by atoms with Crippen LogP contribution in [0.15, 0.2) is 36.5 Å². The lowest BCUT2D eigenvalue weighted by molar-refractivity contribution is 0.0991. The third kappa shape index (κ3) is 4.02. The van der Waals surface area contributed by atoms with E-state index in [0.29, 0.717) is 19.0 Å². The Morgan fingerprint density at radius 3 is 2.62 bits per heavy atom. The summed E-state index contributed by atoms with van der Waals surface area (Å²) in [5.74, 6) is 0.101. The van der Waals surface area contributed by atoms with E-state index >= 15 is 0 Å². The largest absolute Gasteiger partial charge is 0.330 e. The SMILES string of the molecule is CCC(C)n1ccc(CC(=O)c2ccc(CCN)cc2)n1. The molecule has 0 saturated carbocycles. The van der Waals surface area contributed by atoms with Gasteiger partial charge in [0.25, 0.3) is 0 Å². The molecule has 0 saturated heterocycles. The van der Waals surface area contributed by atoms with Crippen LogP contribution in [0.4, 0.5) is 0 Å². The number of carbonyl (C=O) groups is 1. The third-order valence-electron chi connectivity index (χ3n) is 3.76. The van der Waals surface area contributed by atoms with Gasteiger partial charge in [-0.25, -0.2) is 0 Å². The minimum Gasteiger partial charge on any atom is -0.330 e. The highest BCUT2D eigenvalue weighted by Crippen LogP contribution is 2.12. The molecular formula is C17H23N3O. The summed E-state index contributed by atoms with van der Waals surface area (Å²) < 4.78 is 1.92. The first-order chi connectivity index (χ1) is 10.1. The van der Waals surface area contributed by atoms with Crippen LogP contribution in [0.3, 0.4) is 0 Å². The average molecular weight is 285 g/mol. The fraction of sp³-hybridized carbons (Fsp3) is 0.412. The number of ketones is 1. The summed E-state index contributed by atoms with van der Waals surface area (Å²) in [6.45, 7) is 4.87. The Kier molecular flexibility index (Phi) is 5.28. The van der Waals surface area contributed by atoms with E-state index in [1.54, 1.807) is 0 Å². The van der Waals surface area contributed by atoms with E-state index in [4.69, 9.17) is 5.73 Å². The third-order valence-corrected chi connectivity index (χ3v) is 3.76. The summed E-state index contributed by atoms with van der Waals surface area (Å²) in [7, 11) is 0. The van der Waals surface area contributed by atoms with Crippen molar-refractivity contribution < 1.29 is 4.79 Å². The van der Waals surface area contributed by atoms with Gasteiger partial charge < -0.3 is 5.73 Å². The van der Waals surface area contributed by atoms with Crippen molar-refractivity contribution in [1.82, 2.24) is 9.78 Å². The van der Waals surface area contributed by atoms with Crippen molar-refractivity contribution >= 4 is 5.78 Å². The van der Waals surface area contributed by atoms with Gasteiger partial charge in [0.1, 0.15) is 0 Å². The Labute approximate surface area is 126 Å². The van der Waals surface area contributed by atoms with E-state index in [9.17, 15) is 4.79 Å². The zero-order valence-electron chi connectivity index (χ0n) is 12.7. The van der Waals surface area contributed by atoms with Crippen LogP contribution in [0.5, 0.6) is 0 Å². The van der Waals surface area contributed by atoms with E-state index in [0.717, 1.165) is 29.7 Å². The summed E-state index contributed by atoms with van der Waals surface area (Å²) in [6, 6.07) is 9.98. The lowest BCUT2D eigenvalue weighted by Gasteiger charge is -2.08. The fourth-order valence-corrected chi connectivity index (χ4v) is 2.19. The summed E-state index contributed by atoms with van der Waals surface area (Å²) in [5, 5.41) is 4.47. The van der Waals surface area contributed by atoms with Crippen LogP contribution in [-0.4, -0.2) is 22.1 Å². The lowest BCUT2D eigenvalue weighted by Crippen LogP contribution is -2.08. The molecule has 21 heavy (non-hydrogen) atoms. The number of Topliss-reactive ketones (excluding diaryl/α,β-unsaturated/α-hetero) is 1. The molecule has 112 valence electrons. The van der Waals surface area contributed by atoms with Gasteiger partial charge in [0, 0.05) is 17.8 Å². The van der Waals surface area contributed by atoms with Gasteiger partial charge in [0.15, 0.2) is 5.78 Å². The summed E-state index contributed by atoms with van der Waals surface area (Å²) in [6.07, 6.45) is 4.16. The Hall–Kier alpha value is -1.94. The smallest absolute Gasteiger partial charge is 0.168 e. The molecule has 2 N–H and O–H groups in total. The number of nitrogens with two attached hydrogens (primary N) is 1. The van der Waals surface area contributed by atoms with Crippen LogP contribution in [0.2, 0.25) is 0 Å². The van der Waals surface area contributed by atoms with Gasteiger partial charge in [0.05, 0.1) is 12.1 Å². The van der Waals surface area contributed by atoms with Gasteiger partial charge in [-0.15, -0.1) is 0 Å². The number of hydrogen-bond donors (Lipinski definition) is 1. The van der Waals surface area contributed by atoms with E-state index in [1.165, 1.54) is 0 Å². The molecule has 0 aliphatic carbocycles.